The van der Waals surface area contributed by atoms with E-state index in [-0.39, 0.29) is 12.0 Å². The number of benzene rings is 1. The second kappa shape index (κ2) is 6.82. The zero-order valence-electron chi connectivity index (χ0n) is 13.8. The molecule has 3 nitrogen and oxygen atoms in total. The molecule has 0 spiro atoms. The van der Waals surface area contributed by atoms with Crippen LogP contribution in [0.5, 0.6) is 0 Å². The normalized spacial score (nSPS) is 24.5. The van der Waals surface area contributed by atoms with Gasteiger partial charge in [0.1, 0.15) is 0 Å². The highest BCUT2D eigenvalue weighted by Crippen LogP contribution is 2.33. The molecule has 0 saturated carbocycles. The quantitative estimate of drug-likeness (QED) is 0.929. The van der Waals surface area contributed by atoms with Crippen LogP contribution in [-0.4, -0.2) is 30.4 Å². The summed E-state index contributed by atoms with van der Waals surface area (Å²) < 4.78 is 0. The molecule has 120 valence electrons. The molecule has 2 unspecified atom stereocenters. The van der Waals surface area contributed by atoms with Gasteiger partial charge in [0.15, 0.2) is 0 Å². The summed E-state index contributed by atoms with van der Waals surface area (Å²) in [4.78, 5) is 15.2. The molecule has 2 fully saturated rings. The average Bonchev–Trinajstić information content (AvgIpc) is 2.70. The molecule has 1 amide bonds. The average molecular weight is 300 g/mol. The van der Waals surface area contributed by atoms with Crippen LogP contribution in [0.25, 0.3) is 0 Å². The lowest BCUT2D eigenvalue weighted by Crippen LogP contribution is -2.51. The first-order valence-electron chi connectivity index (χ1n) is 8.74. The summed E-state index contributed by atoms with van der Waals surface area (Å²) in [5, 5.41) is 3.29. The van der Waals surface area contributed by atoms with Crippen molar-refractivity contribution in [2.75, 3.05) is 19.6 Å². The Morgan fingerprint density at radius 2 is 2.09 bits per heavy atom. The number of nitrogens with zero attached hydrogens (tertiary/aromatic N) is 1. The maximum absolute atomic E-state index is 13.1. The molecule has 3 heteroatoms. The number of aryl methyl sites for hydroxylation is 1. The number of hydrogen-bond acceptors (Lipinski definition) is 2. The van der Waals surface area contributed by atoms with Gasteiger partial charge in [-0.05, 0) is 44.3 Å². The monoisotopic (exact) mass is 300 g/mol. The van der Waals surface area contributed by atoms with Crippen molar-refractivity contribution in [3.63, 3.8) is 0 Å². The van der Waals surface area contributed by atoms with Crippen molar-refractivity contribution < 1.29 is 4.79 Å². The minimum absolute atomic E-state index is 0.145. The van der Waals surface area contributed by atoms with Crippen molar-refractivity contribution in [1.29, 1.82) is 0 Å². The summed E-state index contributed by atoms with van der Waals surface area (Å²) in [7, 11) is 0. The maximum atomic E-state index is 13.1. The highest BCUT2D eigenvalue weighted by molar-refractivity contribution is 5.79. The van der Waals surface area contributed by atoms with Crippen molar-refractivity contribution in [3.05, 3.63) is 35.4 Å². The predicted octanol–water partition coefficient (Wildman–Crippen LogP) is 3.29. The van der Waals surface area contributed by atoms with Gasteiger partial charge < -0.3 is 10.2 Å². The van der Waals surface area contributed by atoms with Crippen molar-refractivity contribution in [2.24, 2.45) is 11.8 Å². The van der Waals surface area contributed by atoms with Gasteiger partial charge in [0.05, 0.1) is 6.04 Å². The Morgan fingerprint density at radius 3 is 2.77 bits per heavy atom. The van der Waals surface area contributed by atoms with E-state index in [9.17, 15) is 4.79 Å². The van der Waals surface area contributed by atoms with E-state index >= 15 is 0 Å². The number of carbonyl (C=O) groups excluding carboxylic acids is 1. The first-order valence-corrected chi connectivity index (χ1v) is 8.74. The minimum Gasteiger partial charge on any atom is -0.335 e. The molecule has 2 saturated heterocycles. The van der Waals surface area contributed by atoms with Crippen LogP contribution in [0.2, 0.25) is 0 Å². The van der Waals surface area contributed by atoms with Gasteiger partial charge in [-0.15, -0.1) is 0 Å². The highest BCUT2D eigenvalue weighted by Gasteiger charge is 2.35. The molecule has 0 aliphatic carbocycles. The summed E-state index contributed by atoms with van der Waals surface area (Å²) in [5.74, 6) is 1.03. The van der Waals surface area contributed by atoms with Gasteiger partial charge in [0.25, 0.3) is 0 Å². The van der Waals surface area contributed by atoms with Gasteiger partial charge in [-0.3, -0.25) is 4.79 Å². The third-order valence-electron chi connectivity index (χ3n) is 5.37. The Balaban J connectivity index is 1.82. The van der Waals surface area contributed by atoms with E-state index in [1.165, 1.54) is 24.0 Å². The van der Waals surface area contributed by atoms with E-state index in [2.05, 4.69) is 48.3 Å². The summed E-state index contributed by atoms with van der Waals surface area (Å²) in [6, 6.07) is 8.97. The lowest BCUT2D eigenvalue weighted by atomic mass is 9.87. The van der Waals surface area contributed by atoms with Crippen LogP contribution < -0.4 is 5.32 Å². The van der Waals surface area contributed by atoms with Crippen LogP contribution in [0.4, 0.5) is 0 Å². The van der Waals surface area contributed by atoms with Crippen LogP contribution >= 0.6 is 0 Å². The predicted molar refractivity (Wildman–Crippen MR) is 89.6 cm³/mol. The zero-order valence-corrected chi connectivity index (χ0v) is 13.8. The number of hydrogen-bond donors (Lipinski definition) is 1. The number of likely N-dealkylation sites (tertiary alicyclic amines) is 1. The first-order chi connectivity index (χ1) is 10.7. The fraction of sp³-hybridized carbons (Fsp3) is 0.632. The molecule has 2 aliphatic heterocycles. The third-order valence-corrected chi connectivity index (χ3v) is 5.37. The third kappa shape index (κ3) is 3.19. The Morgan fingerprint density at radius 1 is 1.27 bits per heavy atom. The molecule has 2 aliphatic rings. The molecular formula is C19H28N2O. The van der Waals surface area contributed by atoms with Crippen LogP contribution in [0.3, 0.4) is 0 Å². The van der Waals surface area contributed by atoms with Crippen molar-refractivity contribution >= 4 is 5.91 Å². The summed E-state index contributed by atoms with van der Waals surface area (Å²) in [6.07, 6.45) is 4.71. The molecule has 22 heavy (non-hydrogen) atoms. The zero-order chi connectivity index (χ0) is 15.5. The number of nitrogens with one attached hydrogen (secondary N) is 1. The van der Waals surface area contributed by atoms with Crippen LogP contribution in [0.1, 0.15) is 49.8 Å². The molecular weight excluding hydrogens is 272 g/mol. The van der Waals surface area contributed by atoms with Crippen LogP contribution in [0, 0.1) is 18.8 Å². The Kier molecular flexibility index (Phi) is 4.82. The van der Waals surface area contributed by atoms with Gasteiger partial charge in [-0.1, -0.05) is 49.6 Å². The van der Waals surface area contributed by atoms with Gasteiger partial charge >= 0.3 is 0 Å². The number of amides is 1. The minimum atomic E-state index is 0.145. The Hall–Kier alpha value is -1.35. The summed E-state index contributed by atoms with van der Waals surface area (Å²) in [6.45, 7) is 7.16. The van der Waals surface area contributed by atoms with Crippen molar-refractivity contribution in [3.8, 4) is 0 Å². The molecule has 0 radical (unpaired) electrons. The number of carbonyl (C=O) groups is 1. The van der Waals surface area contributed by atoms with Gasteiger partial charge in [0, 0.05) is 12.5 Å². The van der Waals surface area contributed by atoms with Crippen molar-refractivity contribution in [1.82, 2.24) is 10.2 Å². The smallest absolute Gasteiger partial charge is 0.226 e. The Labute approximate surface area is 134 Å². The molecule has 1 N–H and O–H groups in total. The lowest BCUT2D eigenvalue weighted by Gasteiger charge is -2.38. The summed E-state index contributed by atoms with van der Waals surface area (Å²) >= 11 is 0. The highest BCUT2D eigenvalue weighted by atomic mass is 16.2. The van der Waals surface area contributed by atoms with E-state index in [4.69, 9.17) is 0 Å². The molecule has 1 aromatic rings. The molecule has 0 aromatic heterocycles. The fourth-order valence-electron chi connectivity index (χ4n) is 3.72. The molecule has 1 aromatic carbocycles. The second-order valence-electron chi connectivity index (χ2n) is 7.02. The van der Waals surface area contributed by atoms with Crippen LogP contribution in [-0.2, 0) is 4.79 Å². The fourth-order valence-corrected chi connectivity index (χ4v) is 3.72. The molecule has 3 rings (SSSR count). The lowest BCUT2D eigenvalue weighted by molar-refractivity contribution is -0.140. The van der Waals surface area contributed by atoms with E-state index in [1.807, 2.05) is 0 Å². The van der Waals surface area contributed by atoms with E-state index < -0.39 is 0 Å². The topological polar surface area (TPSA) is 32.3 Å². The van der Waals surface area contributed by atoms with Gasteiger partial charge in [-0.2, -0.15) is 0 Å². The molecule has 2 heterocycles. The summed E-state index contributed by atoms with van der Waals surface area (Å²) in [5.41, 5.74) is 2.60. The number of rotatable bonds is 3. The molecule has 2 atom stereocenters. The van der Waals surface area contributed by atoms with Crippen molar-refractivity contribution in [2.45, 2.75) is 45.6 Å². The second-order valence-corrected chi connectivity index (χ2v) is 7.02. The first kappa shape index (κ1) is 15.5. The van der Waals surface area contributed by atoms with E-state index in [0.717, 1.165) is 32.5 Å². The standard InChI is InChI=1S/C19H28N2O/c1-14-7-6-8-16(11-14)18-9-4-3-5-10-21(18)19(22)15(2)17-12-20-13-17/h6-8,11,15,17-18,20H,3-5,9-10,12-13H2,1-2H3. The molecule has 0 bridgehead atoms. The maximum Gasteiger partial charge on any atom is 0.226 e. The largest absolute Gasteiger partial charge is 0.335 e. The Bertz CT molecular complexity index is 524. The van der Waals surface area contributed by atoms with E-state index in [1.54, 1.807) is 0 Å². The van der Waals surface area contributed by atoms with E-state index in [0.29, 0.717) is 11.8 Å². The van der Waals surface area contributed by atoms with Gasteiger partial charge in [-0.25, -0.2) is 0 Å². The SMILES string of the molecule is Cc1cccc(C2CCCCCN2C(=O)C(C)C2CNC2)c1. The van der Waals surface area contributed by atoms with Gasteiger partial charge in [0.2, 0.25) is 5.91 Å². The van der Waals surface area contributed by atoms with Crippen LogP contribution in [0.15, 0.2) is 24.3 Å².